The molecule has 0 atom stereocenters. The Morgan fingerprint density at radius 1 is 0.906 bits per heavy atom. The highest BCUT2D eigenvalue weighted by atomic mass is 16.5. The van der Waals surface area contributed by atoms with Crippen molar-refractivity contribution in [3.05, 3.63) is 94.3 Å². The van der Waals surface area contributed by atoms with Gasteiger partial charge in [-0.05, 0) is 47.9 Å². The van der Waals surface area contributed by atoms with Crippen LogP contribution in [-0.4, -0.2) is 13.1 Å². The molecule has 0 N–H and O–H groups in total. The van der Waals surface area contributed by atoms with E-state index in [1.165, 1.54) is 19.4 Å². The van der Waals surface area contributed by atoms with Gasteiger partial charge in [0.25, 0.3) is 0 Å². The smallest absolute Gasteiger partial charge is 0.343 e. The third kappa shape index (κ3) is 4.34. The van der Waals surface area contributed by atoms with Crippen LogP contribution in [0.3, 0.4) is 0 Å². The molecular formula is C26H22O6. The second-order valence-electron chi connectivity index (χ2n) is 7.50. The van der Waals surface area contributed by atoms with Gasteiger partial charge < -0.3 is 18.6 Å². The Morgan fingerprint density at radius 2 is 1.72 bits per heavy atom. The number of hydrogen-bond acceptors (Lipinski definition) is 6. The van der Waals surface area contributed by atoms with Gasteiger partial charge in [-0.15, -0.1) is 0 Å². The quantitative estimate of drug-likeness (QED) is 0.278. The molecule has 0 radical (unpaired) electrons. The normalized spacial score (nSPS) is 10.9. The fourth-order valence-corrected chi connectivity index (χ4v) is 3.31. The molecule has 1 heterocycles. The van der Waals surface area contributed by atoms with Crippen molar-refractivity contribution in [3.8, 4) is 23.0 Å². The minimum absolute atomic E-state index is 0.0896. The molecule has 0 aliphatic heterocycles. The van der Waals surface area contributed by atoms with Gasteiger partial charge in [0.15, 0.2) is 0 Å². The van der Waals surface area contributed by atoms with Crippen molar-refractivity contribution in [1.82, 2.24) is 0 Å². The molecular weight excluding hydrogens is 408 g/mol. The Morgan fingerprint density at radius 3 is 2.50 bits per heavy atom. The Balaban J connectivity index is 1.60. The summed E-state index contributed by atoms with van der Waals surface area (Å²) < 4.78 is 22.1. The van der Waals surface area contributed by atoms with Crippen LogP contribution < -0.4 is 19.6 Å². The second-order valence-corrected chi connectivity index (χ2v) is 7.50. The maximum Gasteiger partial charge on any atom is 0.343 e. The van der Waals surface area contributed by atoms with Gasteiger partial charge >= 0.3 is 5.97 Å². The van der Waals surface area contributed by atoms with Crippen molar-refractivity contribution < 1.29 is 23.4 Å². The zero-order chi connectivity index (χ0) is 22.7. The number of rotatable bonds is 6. The molecule has 0 unspecified atom stereocenters. The lowest BCUT2D eigenvalue weighted by Crippen LogP contribution is -2.09. The molecule has 0 saturated carbocycles. The topological polar surface area (TPSA) is 75.0 Å². The Labute approximate surface area is 185 Å². The van der Waals surface area contributed by atoms with E-state index in [0.29, 0.717) is 22.4 Å². The second kappa shape index (κ2) is 8.98. The van der Waals surface area contributed by atoms with Crippen molar-refractivity contribution in [2.45, 2.75) is 19.8 Å². The molecule has 0 amide bonds. The monoisotopic (exact) mass is 430 g/mol. The first kappa shape index (κ1) is 21.2. The van der Waals surface area contributed by atoms with Gasteiger partial charge in [-0.3, -0.25) is 4.79 Å². The lowest BCUT2D eigenvalue weighted by molar-refractivity contribution is 0.0734. The van der Waals surface area contributed by atoms with Gasteiger partial charge in [0.1, 0.15) is 29.1 Å². The van der Waals surface area contributed by atoms with Crippen LogP contribution in [0.5, 0.6) is 23.0 Å². The molecule has 4 rings (SSSR count). The fraction of sp³-hybridized carbons (Fsp3) is 0.154. The number of esters is 1. The van der Waals surface area contributed by atoms with Gasteiger partial charge in [0, 0.05) is 6.07 Å². The Kier molecular flexibility index (Phi) is 5.94. The molecule has 1 aromatic heterocycles. The molecule has 0 aliphatic carbocycles. The summed E-state index contributed by atoms with van der Waals surface area (Å²) >= 11 is 0. The molecule has 0 saturated heterocycles. The molecule has 162 valence electrons. The van der Waals surface area contributed by atoms with Crippen LogP contribution in [0.25, 0.3) is 11.0 Å². The minimum Gasteiger partial charge on any atom is -0.497 e. The van der Waals surface area contributed by atoms with Crippen molar-refractivity contribution in [1.29, 1.82) is 0 Å². The molecule has 3 aromatic carbocycles. The van der Waals surface area contributed by atoms with Crippen molar-refractivity contribution >= 4 is 16.9 Å². The fourth-order valence-electron chi connectivity index (χ4n) is 3.31. The first-order valence-corrected chi connectivity index (χ1v) is 10.1. The summed E-state index contributed by atoms with van der Waals surface area (Å²) in [4.78, 5) is 25.4. The van der Waals surface area contributed by atoms with Crippen molar-refractivity contribution in [3.63, 3.8) is 0 Å². The number of fused-ring (bicyclic) bond motifs is 1. The summed E-state index contributed by atoms with van der Waals surface area (Å²) in [6.45, 7) is 4.11. The molecule has 6 heteroatoms. The van der Waals surface area contributed by atoms with Gasteiger partial charge in [-0.1, -0.05) is 38.1 Å². The molecule has 6 nitrogen and oxygen atoms in total. The van der Waals surface area contributed by atoms with Gasteiger partial charge in [-0.2, -0.15) is 0 Å². The van der Waals surface area contributed by atoms with Crippen molar-refractivity contribution in [2.75, 3.05) is 7.11 Å². The van der Waals surface area contributed by atoms with E-state index < -0.39 is 5.97 Å². The Hall–Kier alpha value is -4.06. The number of hydrogen-bond donors (Lipinski definition) is 0. The van der Waals surface area contributed by atoms with Crippen LogP contribution >= 0.6 is 0 Å². The lowest BCUT2D eigenvalue weighted by atomic mass is 10.0. The van der Waals surface area contributed by atoms with E-state index in [4.69, 9.17) is 18.6 Å². The summed E-state index contributed by atoms with van der Waals surface area (Å²) in [5.41, 5.74) is 1.32. The van der Waals surface area contributed by atoms with Crippen LogP contribution in [0, 0.1) is 0 Å². The van der Waals surface area contributed by atoms with E-state index in [9.17, 15) is 9.59 Å². The number of methoxy groups -OCH3 is 1. The third-order valence-corrected chi connectivity index (χ3v) is 4.99. The van der Waals surface area contributed by atoms with Gasteiger partial charge in [0.05, 0.1) is 18.1 Å². The molecule has 32 heavy (non-hydrogen) atoms. The summed E-state index contributed by atoms with van der Waals surface area (Å²) in [7, 11) is 1.52. The number of para-hydroxylation sites is 1. The molecule has 0 spiro atoms. The molecule has 0 fully saturated rings. The van der Waals surface area contributed by atoms with Crippen LogP contribution in [0.1, 0.15) is 35.7 Å². The highest BCUT2D eigenvalue weighted by molar-refractivity contribution is 5.92. The highest BCUT2D eigenvalue weighted by Crippen LogP contribution is 2.30. The first-order chi connectivity index (χ1) is 15.5. The summed E-state index contributed by atoms with van der Waals surface area (Å²) in [6.07, 6.45) is 1.27. The van der Waals surface area contributed by atoms with E-state index in [1.54, 1.807) is 36.4 Å². The first-order valence-electron chi connectivity index (χ1n) is 10.1. The zero-order valence-corrected chi connectivity index (χ0v) is 18.0. The predicted molar refractivity (Wildman–Crippen MR) is 121 cm³/mol. The van der Waals surface area contributed by atoms with E-state index in [0.717, 1.165) is 5.56 Å². The van der Waals surface area contributed by atoms with Crippen LogP contribution in [0.2, 0.25) is 0 Å². The highest BCUT2D eigenvalue weighted by Gasteiger charge is 2.15. The van der Waals surface area contributed by atoms with Crippen molar-refractivity contribution in [2.24, 2.45) is 0 Å². The standard InChI is InChI=1S/C26H22O6/c1-16(2)20-9-4-5-10-22(20)32-24-15-30-23-14-19(11-12-21(23)25(24)27)31-26(28)17-7-6-8-18(13-17)29-3/h4-16H,1-3H3. The van der Waals surface area contributed by atoms with Gasteiger partial charge in [0.2, 0.25) is 11.2 Å². The van der Waals surface area contributed by atoms with Crippen LogP contribution in [0.4, 0.5) is 0 Å². The minimum atomic E-state index is -0.546. The average Bonchev–Trinajstić information content (AvgIpc) is 2.81. The summed E-state index contributed by atoms with van der Waals surface area (Å²) in [5, 5.41) is 0.325. The average molecular weight is 430 g/mol. The Bertz CT molecular complexity index is 1340. The number of ether oxygens (including phenoxy) is 3. The zero-order valence-electron chi connectivity index (χ0n) is 18.0. The summed E-state index contributed by atoms with van der Waals surface area (Å²) in [6, 6.07) is 18.8. The summed E-state index contributed by atoms with van der Waals surface area (Å²) in [5.74, 6) is 1.20. The van der Waals surface area contributed by atoms with Crippen LogP contribution in [0.15, 0.2) is 82.2 Å². The molecule has 4 aromatic rings. The number of carbonyl (C=O) groups is 1. The van der Waals surface area contributed by atoms with E-state index in [1.807, 2.05) is 24.3 Å². The maximum absolute atomic E-state index is 12.9. The maximum atomic E-state index is 12.9. The van der Waals surface area contributed by atoms with Gasteiger partial charge in [-0.25, -0.2) is 4.79 Å². The van der Waals surface area contributed by atoms with E-state index >= 15 is 0 Å². The molecule has 0 bridgehead atoms. The SMILES string of the molecule is COc1cccc(C(=O)Oc2ccc3c(=O)c(Oc4ccccc4C(C)C)coc3c2)c1. The van der Waals surface area contributed by atoms with Crippen LogP contribution in [-0.2, 0) is 0 Å². The molecule has 0 aliphatic rings. The van der Waals surface area contributed by atoms with E-state index in [2.05, 4.69) is 13.8 Å². The predicted octanol–water partition coefficient (Wildman–Crippen LogP) is 5.94. The number of carbonyl (C=O) groups excluding carboxylic acids is 1. The van der Waals surface area contributed by atoms with E-state index in [-0.39, 0.29) is 28.4 Å². The third-order valence-electron chi connectivity index (χ3n) is 4.99. The largest absolute Gasteiger partial charge is 0.497 e. The number of benzene rings is 3. The lowest BCUT2D eigenvalue weighted by Gasteiger charge is -2.13.